The van der Waals surface area contributed by atoms with Crippen LogP contribution in [0.15, 0.2) is 97.1 Å². The van der Waals surface area contributed by atoms with E-state index in [-0.39, 0.29) is 34.9 Å². The van der Waals surface area contributed by atoms with Crippen LogP contribution in [-0.2, 0) is 12.8 Å². The summed E-state index contributed by atoms with van der Waals surface area (Å²) in [5.41, 5.74) is 5.61. The molecule has 2 N–H and O–H groups in total. The maximum absolute atomic E-state index is 12.4. The highest BCUT2D eigenvalue weighted by atomic mass is 16.3. The van der Waals surface area contributed by atoms with Crippen molar-refractivity contribution < 1.29 is 19.8 Å². The molecule has 4 aromatic carbocycles. The Morgan fingerprint density at radius 1 is 0.528 bits per heavy atom. The Kier molecular flexibility index (Phi) is 6.68. The van der Waals surface area contributed by atoms with Gasteiger partial charge in [-0.15, -0.1) is 0 Å². The van der Waals surface area contributed by atoms with Gasteiger partial charge in [-0.25, -0.2) is 0 Å². The van der Waals surface area contributed by atoms with E-state index in [4.69, 9.17) is 0 Å². The molecule has 0 fully saturated rings. The summed E-state index contributed by atoms with van der Waals surface area (Å²) in [7, 11) is 0. The first-order chi connectivity index (χ1) is 17.5. The number of aromatic hydroxyl groups is 2. The number of carbonyl (C=O) groups excluding carboxylic acids is 2. The Labute approximate surface area is 210 Å². The van der Waals surface area contributed by atoms with E-state index in [0.29, 0.717) is 0 Å². The Hall–Kier alpha value is -4.18. The molecule has 0 radical (unpaired) electrons. The van der Waals surface area contributed by atoms with E-state index in [2.05, 4.69) is 0 Å². The van der Waals surface area contributed by atoms with Crippen molar-refractivity contribution in [3.63, 3.8) is 0 Å². The molecule has 0 saturated heterocycles. The van der Waals surface area contributed by atoms with Crippen molar-refractivity contribution in [2.24, 2.45) is 0 Å². The Morgan fingerprint density at radius 3 is 1.31 bits per heavy atom. The van der Waals surface area contributed by atoms with Crippen molar-refractivity contribution in [1.82, 2.24) is 0 Å². The number of benzene rings is 4. The summed E-state index contributed by atoms with van der Waals surface area (Å²) in [5.74, 6) is 0.732. The van der Waals surface area contributed by atoms with E-state index in [1.54, 1.807) is 36.4 Å². The average molecular weight is 477 g/mol. The molecule has 2 aliphatic rings. The molecule has 0 bridgehead atoms. The molecule has 180 valence electrons. The number of phenols is 2. The van der Waals surface area contributed by atoms with Crippen LogP contribution < -0.4 is 0 Å². The first-order valence-corrected chi connectivity index (χ1v) is 12.3. The Balaban J connectivity index is 0.000000148. The highest BCUT2D eigenvalue weighted by Crippen LogP contribution is 2.35. The van der Waals surface area contributed by atoms with Gasteiger partial charge in [0, 0.05) is 23.0 Å². The van der Waals surface area contributed by atoms with Gasteiger partial charge in [0.15, 0.2) is 11.6 Å². The van der Waals surface area contributed by atoms with E-state index in [0.717, 1.165) is 59.1 Å². The monoisotopic (exact) mass is 476 g/mol. The molecule has 2 unspecified atom stereocenters. The highest BCUT2D eigenvalue weighted by molar-refractivity contribution is 6.04. The van der Waals surface area contributed by atoms with Crippen LogP contribution in [-0.4, -0.2) is 21.8 Å². The first kappa shape index (κ1) is 23.6. The number of Topliss-reactive ketones (excluding diaryl/α,β-unsaturated/α-hetero) is 2. The average Bonchev–Trinajstić information content (AvgIpc) is 2.90. The molecule has 0 saturated carbocycles. The van der Waals surface area contributed by atoms with Gasteiger partial charge in [-0.1, -0.05) is 60.7 Å². The maximum Gasteiger partial charge on any atom is 0.170 e. The van der Waals surface area contributed by atoms with Gasteiger partial charge >= 0.3 is 0 Å². The zero-order valence-electron chi connectivity index (χ0n) is 19.9. The van der Waals surface area contributed by atoms with Crippen molar-refractivity contribution in [1.29, 1.82) is 0 Å². The largest absolute Gasteiger partial charge is 0.508 e. The van der Waals surface area contributed by atoms with Crippen LogP contribution in [0, 0.1) is 0 Å². The molecule has 4 aromatic rings. The van der Waals surface area contributed by atoms with Crippen molar-refractivity contribution in [3.05, 3.63) is 130 Å². The summed E-state index contributed by atoms with van der Waals surface area (Å²) in [5, 5.41) is 18.9. The highest BCUT2D eigenvalue weighted by Gasteiger charge is 2.29. The number of hydrogen-bond donors (Lipinski definition) is 2. The van der Waals surface area contributed by atoms with E-state index in [9.17, 15) is 19.8 Å². The summed E-state index contributed by atoms with van der Waals surface area (Å²) in [6, 6.07) is 29.9. The van der Waals surface area contributed by atoms with Gasteiger partial charge in [-0.3, -0.25) is 9.59 Å². The maximum atomic E-state index is 12.4. The third-order valence-corrected chi connectivity index (χ3v) is 7.15. The van der Waals surface area contributed by atoms with E-state index in [1.165, 1.54) is 0 Å². The molecule has 36 heavy (non-hydrogen) atoms. The SMILES string of the molecule is O=C1c2ccc(O)cc2CCC1c1ccccc1.O=C1c2ccc(O)cc2CCC1c1ccccc1. The lowest BCUT2D eigenvalue weighted by Crippen LogP contribution is -2.20. The van der Waals surface area contributed by atoms with Crippen molar-refractivity contribution in [2.45, 2.75) is 37.5 Å². The van der Waals surface area contributed by atoms with E-state index >= 15 is 0 Å². The number of phenolic OH excluding ortho intramolecular Hbond substituents is 2. The summed E-state index contributed by atoms with van der Waals surface area (Å²) in [6.07, 6.45) is 3.32. The van der Waals surface area contributed by atoms with E-state index < -0.39 is 0 Å². The van der Waals surface area contributed by atoms with E-state index in [1.807, 2.05) is 60.7 Å². The topological polar surface area (TPSA) is 74.6 Å². The number of rotatable bonds is 2. The molecule has 0 heterocycles. The third kappa shape index (κ3) is 4.80. The fraction of sp³-hybridized carbons (Fsp3) is 0.188. The number of ketones is 2. The Bertz CT molecular complexity index is 1280. The van der Waals surface area contributed by atoms with Gasteiger partial charge in [0.25, 0.3) is 0 Å². The summed E-state index contributed by atoms with van der Waals surface area (Å²) >= 11 is 0. The standard InChI is InChI=1S/2C16H14O2/c2*17-13-7-9-15-12(10-13)6-8-14(16(15)18)11-4-2-1-3-5-11/h2*1-5,7,9-10,14,17H,6,8H2. The molecule has 2 atom stereocenters. The second kappa shape index (κ2) is 10.2. The van der Waals surface area contributed by atoms with Crippen LogP contribution >= 0.6 is 0 Å². The molecule has 0 aliphatic heterocycles. The minimum absolute atomic E-state index is 0.0387. The number of aryl methyl sites for hydroxylation is 2. The third-order valence-electron chi connectivity index (χ3n) is 7.15. The lowest BCUT2D eigenvalue weighted by molar-refractivity contribution is 0.0938. The molecule has 4 nitrogen and oxygen atoms in total. The minimum Gasteiger partial charge on any atom is -0.508 e. The van der Waals surface area contributed by atoms with Crippen molar-refractivity contribution >= 4 is 11.6 Å². The number of carbonyl (C=O) groups is 2. The van der Waals surface area contributed by atoms with Crippen LogP contribution in [0.25, 0.3) is 0 Å². The quantitative estimate of drug-likeness (QED) is 0.341. The normalized spacial score (nSPS) is 18.4. The second-order valence-corrected chi connectivity index (χ2v) is 9.42. The van der Waals surface area contributed by atoms with Crippen LogP contribution in [0.2, 0.25) is 0 Å². The fourth-order valence-electron chi connectivity index (χ4n) is 5.30. The summed E-state index contributed by atoms with van der Waals surface area (Å²) < 4.78 is 0. The van der Waals surface area contributed by atoms with Crippen LogP contribution in [0.1, 0.15) is 67.6 Å². The Morgan fingerprint density at radius 2 is 0.917 bits per heavy atom. The molecular weight excluding hydrogens is 448 g/mol. The summed E-state index contributed by atoms with van der Waals surface area (Å²) in [6.45, 7) is 0. The van der Waals surface area contributed by atoms with Gasteiger partial charge in [0.1, 0.15) is 11.5 Å². The van der Waals surface area contributed by atoms with Gasteiger partial charge in [-0.2, -0.15) is 0 Å². The predicted octanol–water partition coefficient (Wildman–Crippen LogP) is 6.61. The van der Waals surface area contributed by atoms with Crippen molar-refractivity contribution in [2.75, 3.05) is 0 Å². The van der Waals surface area contributed by atoms with Gasteiger partial charge in [-0.05, 0) is 84.3 Å². The number of fused-ring (bicyclic) bond motifs is 2. The zero-order valence-corrected chi connectivity index (χ0v) is 19.9. The van der Waals surface area contributed by atoms with Gasteiger partial charge < -0.3 is 10.2 Å². The van der Waals surface area contributed by atoms with Crippen LogP contribution in [0.5, 0.6) is 11.5 Å². The molecule has 2 aliphatic carbocycles. The minimum atomic E-state index is -0.0387. The smallest absolute Gasteiger partial charge is 0.170 e. The molecular formula is C32H28O4. The lowest BCUT2D eigenvalue weighted by Gasteiger charge is -2.23. The number of hydrogen-bond acceptors (Lipinski definition) is 4. The van der Waals surface area contributed by atoms with Crippen LogP contribution in [0.3, 0.4) is 0 Å². The summed E-state index contributed by atoms with van der Waals surface area (Å²) in [4.78, 5) is 24.9. The molecule has 0 aromatic heterocycles. The molecule has 4 heteroatoms. The predicted molar refractivity (Wildman–Crippen MR) is 140 cm³/mol. The second-order valence-electron chi connectivity index (χ2n) is 9.42. The molecule has 6 rings (SSSR count). The fourth-order valence-corrected chi connectivity index (χ4v) is 5.30. The first-order valence-electron chi connectivity index (χ1n) is 12.3. The van der Waals surface area contributed by atoms with Crippen LogP contribution in [0.4, 0.5) is 0 Å². The molecule has 0 amide bonds. The molecule has 0 spiro atoms. The zero-order chi connectivity index (χ0) is 25.1. The van der Waals surface area contributed by atoms with Gasteiger partial charge in [0.2, 0.25) is 0 Å². The lowest BCUT2D eigenvalue weighted by atomic mass is 9.79. The van der Waals surface area contributed by atoms with Gasteiger partial charge in [0.05, 0.1) is 0 Å². The van der Waals surface area contributed by atoms with Crippen molar-refractivity contribution in [3.8, 4) is 11.5 Å².